The Kier molecular flexibility index (Phi) is 9.81. The number of hydrogen-bond acceptors (Lipinski definition) is 12. The summed E-state index contributed by atoms with van der Waals surface area (Å²) in [5, 5.41) is 35.9. The molecule has 0 unspecified atom stereocenters. The van der Waals surface area contributed by atoms with Crippen molar-refractivity contribution in [2.75, 3.05) is 6.61 Å². The van der Waals surface area contributed by atoms with Crippen molar-refractivity contribution in [1.29, 1.82) is 0 Å². The van der Waals surface area contributed by atoms with Crippen molar-refractivity contribution < 1.29 is 53.1 Å². The van der Waals surface area contributed by atoms with Crippen molar-refractivity contribution in [2.45, 2.75) is 70.0 Å². The third-order valence-corrected chi connectivity index (χ3v) is 6.86. The molecule has 43 heavy (non-hydrogen) atoms. The van der Waals surface area contributed by atoms with Crippen LogP contribution >= 0.6 is 0 Å². The Morgan fingerprint density at radius 2 is 1.79 bits per heavy atom. The van der Waals surface area contributed by atoms with Crippen molar-refractivity contribution in [3.8, 4) is 5.75 Å². The predicted octanol–water partition coefficient (Wildman–Crippen LogP) is 0.859. The first-order valence-electron chi connectivity index (χ1n) is 13.5. The largest absolute Gasteiger partial charge is 0.463 e. The molecule has 13 heteroatoms. The van der Waals surface area contributed by atoms with Gasteiger partial charge in [-0.15, -0.1) is 0 Å². The highest BCUT2D eigenvalue weighted by Crippen LogP contribution is 2.36. The maximum atomic E-state index is 13.7. The van der Waals surface area contributed by atoms with Crippen molar-refractivity contribution in [3.05, 3.63) is 76.1 Å². The van der Waals surface area contributed by atoms with Gasteiger partial charge in [0.1, 0.15) is 42.9 Å². The molecule has 0 bridgehead atoms. The van der Waals surface area contributed by atoms with Gasteiger partial charge in [-0.05, 0) is 30.2 Å². The quantitative estimate of drug-likeness (QED) is 0.190. The zero-order chi connectivity index (χ0) is 31.3. The number of carbonyl (C=O) groups excluding carboxylic acids is 3. The van der Waals surface area contributed by atoms with E-state index in [1.165, 1.54) is 25.1 Å². The van der Waals surface area contributed by atoms with Gasteiger partial charge in [-0.1, -0.05) is 30.3 Å². The molecule has 13 nitrogen and oxygen atoms in total. The second-order valence-electron chi connectivity index (χ2n) is 10.3. The molecule has 3 aromatic rings. The molecule has 2 heterocycles. The standard InChI is InChI=1S/C30H33NO12/c1-16-11-25(36)41-24-12-20(9-10-21(16)24)42-30(29(38)40-14-19-7-5-4-6-8-19)13-22(34)26(31-17(2)32)28(43-30)27(37)23(35)15-39-18(3)33/h4-12,22-23,26-28,34-35,37H,13-15H2,1-3H3,(H,31,32)/t22-,23+,26+,27+,28+,30+/m0/s1. The first-order valence-corrected chi connectivity index (χ1v) is 13.5. The van der Waals surface area contributed by atoms with Gasteiger partial charge in [0.2, 0.25) is 5.91 Å². The van der Waals surface area contributed by atoms with Gasteiger partial charge >= 0.3 is 23.4 Å². The van der Waals surface area contributed by atoms with Crippen LogP contribution in [0.2, 0.25) is 0 Å². The summed E-state index contributed by atoms with van der Waals surface area (Å²) in [4.78, 5) is 49.0. The lowest BCUT2D eigenvalue weighted by Crippen LogP contribution is -2.69. The van der Waals surface area contributed by atoms with E-state index < -0.39 is 72.7 Å². The van der Waals surface area contributed by atoms with E-state index in [4.69, 9.17) is 23.4 Å². The van der Waals surface area contributed by atoms with Gasteiger partial charge in [0, 0.05) is 31.4 Å². The fourth-order valence-corrected chi connectivity index (χ4v) is 4.81. The summed E-state index contributed by atoms with van der Waals surface area (Å²) in [5.41, 5.74) is 0.819. The van der Waals surface area contributed by atoms with Gasteiger partial charge in [0.25, 0.3) is 0 Å². The Bertz CT molecular complexity index is 1520. The highest BCUT2D eigenvalue weighted by atomic mass is 16.7. The zero-order valence-corrected chi connectivity index (χ0v) is 23.7. The molecule has 0 aliphatic carbocycles. The molecular weight excluding hydrogens is 566 g/mol. The maximum absolute atomic E-state index is 13.7. The molecule has 0 radical (unpaired) electrons. The monoisotopic (exact) mass is 599 g/mol. The number of nitrogens with one attached hydrogen (secondary N) is 1. The Labute approximate surface area is 245 Å². The minimum atomic E-state index is -2.42. The van der Waals surface area contributed by atoms with Crippen LogP contribution in [0, 0.1) is 6.92 Å². The summed E-state index contributed by atoms with van der Waals surface area (Å²) in [5.74, 6) is -4.85. The van der Waals surface area contributed by atoms with Gasteiger partial charge in [0.05, 0.1) is 18.6 Å². The van der Waals surface area contributed by atoms with Crippen molar-refractivity contribution in [2.24, 2.45) is 0 Å². The van der Waals surface area contributed by atoms with Gasteiger partial charge in [-0.3, -0.25) is 9.59 Å². The van der Waals surface area contributed by atoms with Gasteiger partial charge in [-0.25, -0.2) is 9.59 Å². The van der Waals surface area contributed by atoms with Crippen LogP contribution in [0.4, 0.5) is 0 Å². The number of aryl methyl sites for hydroxylation is 1. The average Bonchev–Trinajstić information content (AvgIpc) is 2.95. The number of hydrogen-bond donors (Lipinski definition) is 4. The van der Waals surface area contributed by atoms with Crippen LogP contribution < -0.4 is 15.7 Å². The van der Waals surface area contributed by atoms with E-state index in [1.54, 1.807) is 43.3 Å². The number of aliphatic hydroxyl groups excluding tert-OH is 3. The third kappa shape index (κ3) is 7.56. The molecule has 1 amide bonds. The summed E-state index contributed by atoms with van der Waals surface area (Å²) in [6, 6.07) is 13.1. The number of amides is 1. The first kappa shape index (κ1) is 31.6. The summed E-state index contributed by atoms with van der Waals surface area (Å²) in [6.45, 7) is 3.15. The summed E-state index contributed by atoms with van der Waals surface area (Å²) in [6.07, 6.45) is -7.45. The molecule has 4 N–H and O–H groups in total. The van der Waals surface area contributed by atoms with Gasteiger partial charge < -0.3 is 44.0 Å². The summed E-state index contributed by atoms with van der Waals surface area (Å²) < 4.78 is 27.7. The molecule has 0 spiro atoms. The predicted molar refractivity (Wildman–Crippen MR) is 149 cm³/mol. The van der Waals surface area contributed by atoms with Gasteiger partial charge in [-0.2, -0.15) is 0 Å². The van der Waals surface area contributed by atoms with E-state index in [2.05, 4.69) is 5.32 Å². The first-order chi connectivity index (χ1) is 20.4. The van der Waals surface area contributed by atoms with E-state index in [1.807, 2.05) is 0 Å². The van der Waals surface area contributed by atoms with Crippen LogP contribution in [0.15, 0.2) is 63.8 Å². The Hall–Kier alpha value is -4.30. The minimum absolute atomic E-state index is 0.0169. The molecule has 230 valence electrons. The molecule has 1 aromatic heterocycles. The summed E-state index contributed by atoms with van der Waals surface area (Å²) >= 11 is 0. The van der Waals surface area contributed by atoms with E-state index in [0.29, 0.717) is 16.5 Å². The van der Waals surface area contributed by atoms with Crippen LogP contribution in [0.25, 0.3) is 11.0 Å². The molecule has 6 atom stereocenters. The lowest BCUT2D eigenvalue weighted by Gasteiger charge is -2.47. The van der Waals surface area contributed by atoms with Crippen molar-refractivity contribution in [1.82, 2.24) is 5.32 Å². The molecule has 0 saturated carbocycles. The Morgan fingerprint density at radius 1 is 1.07 bits per heavy atom. The van der Waals surface area contributed by atoms with Crippen molar-refractivity contribution >= 4 is 28.8 Å². The number of carbonyl (C=O) groups is 3. The number of esters is 2. The van der Waals surface area contributed by atoms with Crippen LogP contribution in [-0.4, -0.2) is 76.0 Å². The molecule has 1 saturated heterocycles. The molecule has 1 fully saturated rings. The topological polar surface area (TPSA) is 191 Å². The number of benzene rings is 2. The number of fused-ring (bicyclic) bond motifs is 1. The smallest absolute Gasteiger partial charge is 0.380 e. The highest BCUT2D eigenvalue weighted by Gasteiger charge is 2.57. The average molecular weight is 600 g/mol. The molecule has 1 aliphatic heterocycles. The minimum Gasteiger partial charge on any atom is -0.463 e. The second kappa shape index (κ2) is 13.3. The molecule has 1 aliphatic rings. The van der Waals surface area contributed by atoms with E-state index in [0.717, 1.165) is 6.92 Å². The maximum Gasteiger partial charge on any atom is 0.380 e. The Morgan fingerprint density at radius 3 is 2.47 bits per heavy atom. The van der Waals surface area contributed by atoms with E-state index in [-0.39, 0.29) is 17.9 Å². The fraction of sp³-hybridized carbons (Fsp3) is 0.400. The molecular formula is C30H33NO12. The lowest BCUT2D eigenvalue weighted by atomic mass is 9.88. The van der Waals surface area contributed by atoms with E-state index >= 15 is 0 Å². The lowest BCUT2D eigenvalue weighted by molar-refractivity contribution is -0.287. The normalized spacial score (nSPS) is 23.2. The van der Waals surface area contributed by atoms with Crippen molar-refractivity contribution in [3.63, 3.8) is 0 Å². The molecule has 4 rings (SSSR count). The Balaban J connectivity index is 1.74. The van der Waals surface area contributed by atoms with Crippen LogP contribution in [-0.2, 0) is 35.2 Å². The number of ether oxygens (including phenoxy) is 4. The third-order valence-electron chi connectivity index (χ3n) is 6.86. The van der Waals surface area contributed by atoms with Crippen LogP contribution in [0.1, 0.15) is 31.4 Å². The van der Waals surface area contributed by atoms with Crippen LogP contribution in [0.5, 0.6) is 5.75 Å². The molecule has 2 aromatic carbocycles. The highest BCUT2D eigenvalue weighted by molar-refractivity contribution is 5.82. The SMILES string of the molecule is CC(=O)N[C@H]1[C@H]([C@H](O)[C@H](O)COC(C)=O)O[C@@](Oc2ccc3c(C)cc(=O)oc3c2)(C(=O)OCc2ccccc2)C[C@@H]1O. The summed E-state index contributed by atoms with van der Waals surface area (Å²) in [7, 11) is 0. The number of rotatable bonds is 10. The number of aliphatic hydroxyl groups is 3. The van der Waals surface area contributed by atoms with E-state index in [9.17, 15) is 34.5 Å². The van der Waals surface area contributed by atoms with Crippen LogP contribution in [0.3, 0.4) is 0 Å². The zero-order valence-electron chi connectivity index (χ0n) is 23.7. The fourth-order valence-electron chi connectivity index (χ4n) is 4.81. The second-order valence-corrected chi connectivity index (χ2v) is 10.3. The van der Waals surface area contributed by atoms with Gasteiger partial charge in [0.15, 0.2) is 0 Å².